The van der Waals surface area contributed by atoms with Crippen molar-refractivity contribution in [3.05, 3.63) is 35.4 Å². The summed E-state index contributed by atoms with van der Waals surface area (Å²) in [5.74, 6) is -1.38. The molecule has 1 aliphatic heterocycles. The topological polar surface area (TPSA) is 102 Å². The lowest BCUT2D eigenvalue weighted by Crippen LogP contribution is -2.47. The van der Waals surface area contributed by atoms with Crippen LogP contribution in [0.3, 0.4) is 0 Å². The van der Waals surface area contributed by atoms with Crippen molar-refractivity contribution < 1.29 is 33.7 Å². The maximum Gasteiger partial charge on any atom is 0.410 e. The minimum Gasteiger partial charge on any atom is -0.479 e. The van der Waals surface area contributed by atoms with Crippen molar-refractivity contribution in [2.24, 2.45) is 5.92 Å². The molecule has 1 aromatic carbocycles. The molecule has 196 valence electrons. The summed E-state index contributed by atoms with van der Waals surface area (Å²) in [5.41, 5.74) is 1.52. The van der Waals surface area contributed by atoms with Gasteiger partial charge in [0, 0.05) is 20.3 Å². The molecule has 35 heavy (non-hydrogen) atoms. The van der Waals surface area contributed by atoms with Gasteiger partial charge >= 0.3 is 18.0 Å². The van der Waals surface area contributed by atoms with E-state index in [0.717, 1.165) is 31.6 Å². The molecule has 1 amide bonds. The largest absolute Gasteiger partial charge is 0.479 e. The highest BCUT2D eigenvalue weighted by molar-refractivity contribution is 5.84. The van der Waals surface area contributed by atoms with Gasteiger partial charge in [-0.2, -0.15) is 0 Å². The minimum atomic E-state index is -1.31. The Hall–Kier alpha value is -2.61. The summed E-state index contributed by atoms with van der Waals surface area (Å²) >= 11 is 0. The van der Waals surface area contributed by atoms with Crippen molar-refractivity contribution in [3.8, 4) is 0 Å². The van der Waals surface area contributed by atoms with Crippen LogP contribution in [0, 0.1) is 5.92 Å². The Bertz CT molecular complexity index is 838. The predicted molar refractivity (Wildman–Crippen MR) is 132 cm³/mol. The summed E-state index contributed by atoms with van der Waals surface area (Å²) < 4.78 is 16.2. The number of esters is 1. The van der Waals surface area contributed by atoms with Gasteiger partial charge in [-0.1, -0.05) is 38.1 Å². The fourth-order valence-corrected chi connectivity index (χ4v) is 4.06. The van der Waals surface area contributed by atoms with Crippen LogP contribution in [0.4, 0.5) is 4.79 Å². The highest BCUT2D eigenvalue weighted by atomic mass is 16.6. The van der Waals surface area contributed by atoms with Gasteiger partial charge in [0.15, 0.2) is 6.10 Å². The van der Waals surface area contributed by atoms with E-state index < -0.39 is 35.8 Å². The van der Waals surface area contributed by atoms with Gasteiger partial charge in [0.25, 0.3) is 0 Å². The zero-order valence-electron chi connectivity index (χ0n) is 21.9. The number of carboxylic acid groups (broad SMARTS) is 1. The van der Waals surface area contributed by atoms with Crippen molar-refractivity contribution in [1.29, 1.82) is 0 Å². The quantitative estimate of drug-likeness (QED) is 0.469. The summed E-state index contributed by atoms with van der Waals surface area (Å²) in [6.45, 7) is 10.6. The zero-order chi connectivity index (χ0) is 26.2. The van der Waals surface area contributed by atoms with Gasteiger partial charge in [-0.3, -0.25) is 4.90 Å². The number of benzene rings is 1. The second-order valence-corrected chi connectivity index (χ2v) is 10.7. The van der Waals surface area contributed by atoms with Gasteiger partial charge in [-0.05, 0) is 75.8 Å². The van der Waals surface area contributed by atoms with Crippen LogP contribution in [0.5, 0.6) is 0 Å². The van der Waals surface area contributed by atoms with Crippen molar-refractivity contribution in [2.45, 2.75) is 90.4 Å². The molecular formula is C27H41NO7. The molecular weight excluding hydrogens is 450 g/mol. The Kier molecular flexibility index (Phi) is 10.6. The van der Waals surface area contributed by atoms with E-state index in [1.807, 2.05) is 26.0 Å². The molecule has 1 saturated heterocycles. The van der Waals surface area contributed by atoms with Crippen LogP contribution in [0.15, 0.2) is 24.3 Å². The van der Waals surface area contributed by atoms with E-state index in [1.165, 1.54) is 17.5 Å². The van der Waals surface area contributed by atoms with E-state index in [9.17, 15) is 19.5 Å². The molecule has 0 saturated carbocycles. The maximum absolute atomic E-state index is 13.0. The Morgan fingerprint density at radius 2 is 1.71 bits per heavy atom. The standard InChI is InChI=1S/C27H41NO7/c1-18(2)17-22(28(6)26(32)35-27(3,4)5)25(31)34-23(24(29)30)12-9-19-7-10-20(11-8-19)21-13-15-33-16-14-21/h7-8,10-11,18,21-23H,9,12-17H2,1-6H3,(H,29,30)/t22-,23+/m0/s1. The number of amides is 1. The van der Waals surface area contributed by atoms with Crippen LogP contribution in [0.2, 0.25) is 0 Å². The van der Waals surface area contributed by atoms with Crippen LogP contribution in [0.25, 0.3) is 0 Å². The summed E-state index contributed by atoms with van der Waals surface area (Å²) in [5, 5.41) is 9.68. The van der Waals surface area contributed by atoms with E-state index in [-0.39, 0.29) is 12.3 Å². The van der Waals surface area contributed by atoms with Crippen LogP contribution in [-0.2, 0) is 30.2 Å². The second kappa shape index (κ2) is 12.9. The lowest BCUT2D eigenvalue weighted by Gasteiger charge is -2.31. The summed E-state index contributed by atoms with van der Waals surface area (Å²) in [4.78, 5) is 38.6. The molecule has 1 aliphatic rings. The average molecular weight is 492 g/mol. The molecule has 1 heterocycles. The Morgan fingerprint density at radius 1 is 1.11 bits per heavy atom. The number of aliphatic carboxylic acids is 1. The number of carbonyl (C=O) groups excluding carboxylic acids is 2. The number of hydrogen-bond acceptors (Lipinski definition) is 6. The van der Waals surface area contributed by atoms with E-state index in [4.69, 9.17) is 14.2 Å². The van der Waals surface area contributed by atoms with Gasteiger partial charge < -0.3 is 19.3 Å². The number of carboxylic acids is 1. The van der Waals surface area contributed by atoms with Crippen LogP contribution in [-0.4, -0.2) is 66.0 Å². The first-order chi connectivity index (χ1) is 16.4. The summed E-state index contributed by atoms with van der Waals surface area (Å²) in [6, 6.07) is 7.24. The number of rotatable bonds is 10. The Labute approximate surface area is 208 Å². The molecule has 2 rings (SSSR count). The molecule has 1 aromatic rings. The number of ether oxygens (including phenoxy) is 3. The lowest BCUT2D eigenvalue weighted by molar-refractivity contribution is -0.168. The molecule has 8 heteroatoms. The monoisotopic (exact) mass is 491 g/mol. The normalized spacial score (nSPS) is 16.4. The molecule has 0 bridgehead atoms. The smallest absolute Gasteiger partial charge is 0.410 e. The fourth-order valence-electron chi connectivity index (χ4n) is 4.06. The molecule has 0 aromatic heterocycles. The van der Waals surface area contributed by atoms with Gasteiger partial charge in [-0.15, -0.1) is 0 Å². The van der Waals surface area contributed by atoms with Crippen molar-refractivity contribution >= 4 is 18.0 Å². The molecule has 8 nitrogen and oxygen atoms in total. The fraction of sp³-hybridized carbons (Fsp3) is 0.667. The first-order valence-electron chi connectivity index (χ1n) is 12.4. The highest BCUT2D eigenvalue weighted by Crippen LogP contribution is 2.27. The molecule has 0 spiro atoms. The average Bonchev–Trinajstić information content (AvgIpc) is 2.79. The SMILES string of the molecule is CC(C)C[C@@H](C(=O)O[C@H](CCc1ccc(C2CCOCC2)cc1)C(=O)O)N(C)C(=O)OC(C)(C)C. The van der Waals surface area contributed by atoms with Crippen molar-refractivity contribution in [1.82, 2.24) is 4.90 Å². The van der Waals surface area contributed by atoms with Crippen LogP contribution in [0.1, 0.15) is 77.3 Å². The molecule has 1 N–H and O–H groups in total. The molecule has 0 radical (unpaired) electrons. The third-order valence-corrected chi connectivity index (χ3v) is 6.02. The number of likely N-dealkylation sites (N-methyl/N-ethyl adjacent to an activating group) is 1. The van der Waals surface area contributed by atoms with E-state index >= 15 is 0 Å². The third kappa shape index (κ3) is 9.51. The first kappa shape index (κ1) is 28.6. The van der Waals surface area contributed by atoms with Gasteiger partial charge in [0.1, 0.15) is 11.6 Å². The lowest BCUT2D eigenvalue weighted by atomic mass is 9.91. The highest BCUT2D eigenvalue weighted by Gasteiger charge is 2.34. The van der Waals surface area contributed by atoms with E-state index in [0.29, 0.717) is 18.8 Å². The molecule has 1 fully saturated rings. The van der Waals surface area contributed by atoms with Crippen LogP contribution < -0.4 is 0 Å². The number of aryl methyl sites for hydroxylation is 1. The second-order valence-electron chi connectivity index (χ2n) is 10.7. The minimum absolute atomic E-state index is 0.0787. The van der Waals surface area contributed by atoms with Crippen LogP contribution >= 0.6 is 0 Å². The first-order valence-corrected chi connectivity index (χ1v) is 12.4. The Balaban J connectivity index is 2.02. The third-order valence-electron chi connectivity index (χ3n) is 6.02. The van der Waals surface area contributed by atoms with Crippen molar-refractivity contribution in [2.75, 3.05) is 20.3 Å². The summed E-state index contributed by atoms with van der Waals surface area (Å²) in [6.07, 6.45) is 0.972. The van der Waals surface area contributed by atoms with Crippen molar-refractivity contribution in [3.63, 3.8) is 0 Å². The Morgan fingerprint density at radius 3 is 2.23 bits per heavy atom. The zero-order valence-corrected chi connectivity index (χ0v) is 21.9. The van der Waals surface area contributed by atoms with Gasteiger partial charge in [0.05, 0.1) is 0 Å². The van der Waals surface area contributed by atoms with E-state index in [1.54, 1.807) is 20.8 Å². The molecule has 2 atom stereocenters. The maximum atomic E-state index is 13.0. The number of hydrogen-bond donors (Lipinski definition) is 1. The molecule has 0 unspecified atom stereocenters. The van der Waals surface area contributed by atoms with Gasteiger partial charge in [-0.25, -0.2) is 14.4 Å². The van der Waals surface area contributed by atoms with Gasteiger partial charge in [0.2, 0.25) is 0 Å². The number of nitrogens with zero attached hydrogens (tertiary/aromatic N) is 1. The summed E-state index contributed by atoms with van der Waals surface area (Å²) in [7, 11) is 1.47. The van der Waals surface area contributed by atoms with E-state index in [2.05, 4.69) is 12.1 Å². The molecule has 0 aliphatic carbocycles. The number of carbonyl (C=O) groups is 3. The predicted octanol–water partition coefficient (Wildman–Crippen LogP) is 4.79.